The first-order valence-corrected chi connectivity index (χ1v) is 6.27. The molecule has 1 aliphatic rings. The number of azide groups is 1. The number of carbonyl (C=O) groups excluding carboxylic acids is 1. The molecular weight excluding hydrogens is 218 g/mol. The van der Waals surface area contributed by atoms with Gasteiger partial charge in [0.15, 0.2) is 0 Å². The molecule has 0 aromatic carbocycles. The van der Waals surface area contributed by atoms with Crippen LogP contribution in [0, 0.1) is 5.92 Å². The summed E-state index contributed by atoms with van der Waals surface area (Å²) in [5, 5.41) is 6.35. The molecule has 0 bridgehead atoms. The minimum atomic E-state index is 0.0420. The smallest absolute Gasteiger partial charge is 0.317 e. The fourth-order valence-corrected chi connectivity index (χ4v) is 2.03. The molecule has 1 unspecified atom stereocenters. The second-order valence-electron chi connectivity index (χ2n) is 4.59. The Morgan fingerprint density at radius 2 is 2.41 bits per heavy atom. The van der Waals surface area contributed by atoms with E-state index in [0.29, 0.717) is 19.0 Å². The number of carbonyl (C=O) groups is 1. The fourth-order valence-electron chi connectivity index (χ4n) is 2.03. The van der Waals surface area contributed by atoms with E-state index in [1.165, 1.54) is 6.42 Å². The van der Waals surface area contributed by atoms with Gasteiger partial charge in [-0.15, -0.1) is 0 Å². The molecule has 0 saturated carbocycles. The summed E-state index contributed by atoms with van der Waals surface area (Å²) in [7, 11) is 0. The molecule has 1 aliphatic heterocycles. The van der Waals surface area contributed by atoms with Crippen molar-refractivity contribution in [2.45, 2.75) is 32.6 Å². The van der Waals surface area contributed by atoms with Crippen LogP contribution in [-0.2, 0) is 0 Å². The van der Waals surface area contributed by atoms with Crippen molar-refractivity contribution in [3.63, 3.8) is 0 Å². The summed E-state index contributed by atoms with van der Waals surface area (Å²) in [6.07, 6.45) is 4.00. The standard InChI is InChI=1S/C11H21N5O/c1-10-5-4-8-16(9-10)11(17)13-6-2-3-7-14-15-12/h10H,2-9H2,1H3,(H,13,17). The average molecular weight is 239 g/mol. The van der Waals surface area contributed by atoms with Gasteiger partial charge in [0, 0.05) is 31.1 Å². The third-order valence-electron chi connectivity index (χ3n) is 2.97. The lowest BCUT2D eigenvalue weighted by Crippen LogP contribution is -2.45. The van der Waals surface area contributed by atoms with Crippen LogP contribution in [-0.4, -0.2) is 37.1 Å². The zero-order valence-corrected chi connectivity index (χ0v) is 10.4. The Hall–Kier alpha value is -1.42. The number of rotatable bonds is 5. The summed E-state index contributed by atoms with van der Waals surface area (Å²) in [5.41, 5.74) is 8.09. The van der Waals surface area contributed by atoms with E-state index < -0.39 is 0 Å². The Balaban J connectivity index is 2.09. The van der Waals surface area contributed by atoms with E-state index >= 15 is 0 Å². The van der Waals surface area contributed by atoms with E-state index in [1.807, 2.05) is 4.90 Å². The molecule has 0 radical (unpaired) electrons. The van der Waals surface area contributed by atoms with Crippen molar-refractivity contribution >= 4 is 6.03 Å². The van der Waals surface area contributed by atoms with E-state index in [9.17, 15) is 4.79 Å². The molecule has 1 heterocycles. The molecule has 6 nitrogen and oxygen atoms in total. The molecule has 1 fully saturated rings. The lowest BCUT2D eigenvalue weighted by molar-refractivity contribution is 0.169. The van der Waals surface area contributed by atoms with Crippen molar-refractivity contribution < 1.29 is 4.79 Å². The van der Waals surface area contributed by atoms with Crippen LogP contribution in [0.25, 0.3) is 10.4 Å². The zero-order valence-electron chi connectivity index (χ0n) is 10.4. The minimum absolute atomic E-state index is 0.0420. The highest BCUT2D eigenvalue weighted by molar-refractivity contribution is 5.74. The Morgan fingerprint density at radius 1 is 1.59 bits per heavy atom. The molecule has 17 heavy (non-hydrogen) atoms. The maximum absolute atomic E-state index is 11.8. The van der Waals surface area contributed by atoms with E-state index in [-0.39, 0.29) is 6.03 Å². The third kappa shape index (κ3) is 5.45. The molecule has 1 saturated heterocycles. The van der Waals surface area contributed by atoms with Gasteiger partial charge in [0.05, 0.1) is 0 Å². The number of urea groups is 1. The summed E-state index contributed by atoms with van der Waals surface area (Å²) in [4.78, 5) is 16.3. The first-order chi connectivity index (χ1) is 8.24. The molecule has 2 amide bonds. The van der Waals surface area contributed by atoms with Gasteiger partial charge in [-0.25, -0.2) is 4.79 Å². The average Bonchev–Trinajstić information content (AvgIpc) is 2.33. The van der Waals surface area contributed by atoms with Gasteiger partial charge in [0.2, 0.25) is 0 Å². The van der Waals surface area contributed by atoms with Crippen LogP contribution in [0.2, 0.25) is 0 Å². The summed E-state index contributed by atoms with van der Waals surface area (Å²) < 4.78 is 0. The number of hydrogen-bond acceptors (Lipinski definition) is 2. The van der Waals surface area contributed by atoms with Crippen LogP contribution >= 0.6 is 0 Å². The number of likely N-dealkylation sites (tertiary alicyclic amines) is 1. The predicted molar refractivity (Wildman–Crippen MR) is 66.6 cm³/mol. The van der Waals surface area contributed by atoms with Gasteiger partial charge in [0.1, 0.15) is 0 Å². The normalized spacial score (nSPS) is 19.6. The fraction of sp³-hybridized carbons (Fsp3) is 0.909. The minimum Gasteiger partial charge on any atom is -0.338 e. The molecule has 96 valence electrons. The second-order valence-corrected chi connectivity index (χ2v) is 4.59. The molecule has 0 aliphatic carbocycles. The number of nitrogens with zero attached hydrogens (tertiary/aromatic N) is 4. The van der Waals surface area contributed by atoms with Crippen molar-refractivity contribution in [3.8, 4) is 0 Å². The molecule has 1 atom stereocenters. The molecule has 0 aromatic rings. The highest BCUT2D eigenvalue weighted by Gasteiger charge is 2.20. The van der Waals surface area contributed by atoms with Crippen LogP contribution in [0.1, 0.15) is 32.6 Å². The highest BCUT2D eigenvalue weighted by atomic mass is 16.2. The molecule has 0 aromatic heterocycles. The molecule has 1 N–H and O–H groups in total. The van der Waals surface area contributed by atoms with E-state index in [1.54, 1.807) is 0 Å². The topological polar surface area (TPSA) is 81.1 Å². The van der Waals surface area contributed by atoms with Crippen LogP contribution in [0.5, 0.6) is 0 Å². The quantitative estimate of drug-likeness (QED) is 0.340. The second kappa shape index (κ2) is 7.79. The van der Waals surface area contributed by atoms with Gasteiger partial charge in [-0.05, 0) is 37.1 Å². The lowest BCUT2D eigenvalue weighted by atomic mass is 10.0. The number of unbranched alkanes of at least 4 members (excludes halogenated alkanes) is 1. The van der Waals surface area contributed by atoms with Crippen LogP contribution in [0.3, 0.4) is 0 Å². The Bertz CT molecular complexity index is 288. The maximum atomic E-state index is 11.8. The van der Waals surface area contributed by atoms with Gasteiger partial charge in [-0.3, -0.25) is 0 Å². The molecule has 0 spiro atoms. The Kier molecular flexibility index (Phi) is 6.25. The number of amides is 2. The largest absolute Gasteiger partial charge is 0.338 e. The molecule has 6 heteroatoms. The van der Waals surface area contributed by atoms with Gasteiger partial charge >= 0.3 is 6.03 Å². The third-order valence-corrected chi connectivity index (χ3v) is 2.97. The Morgan fingerprint density at radius 3 is 3.12 bits per heavy atom. The summed E-state index contributed by atoms with van der Waals surface area (Å²) in [6.45, 7) is 5.08. The lowest BCUT2D eigenvalue weighted by Gasteiger charge is -2.30. The highest BCUT2D eigenvalue weighted by Crippen LogP contribution is 2.15. The van der Waals surface area contributed by atoms with Crippen LogP contribution < -0.4 is 5.32 Å². The van der Waals surface area contributed by atoms with Crippen LogP contribution in [0.4, 0.5) is 4.79 Å². The first kappa shape index (κ1) is 13.6. The van der Waals surface area contributed by atoms with Crippen molar-refractivity contribution in [2.75, 3.05) is 26.2 Å². The number of nitrogens with one attached hydrogen (secondary N) is 1. The van der Waals surface area contributed by atoms with Crippen LogP contribution in [0.15, 0.2) is 5.11 Å². The molecular formula is C11H21N5O. The Labute approximate surface area is 102 Å². The van der Waals surface area contributed by atoms with E-state index in [4.69, 9.17) is 5.53 Å². The van der Waals surface area contributed by atoms with Gasteiger partial charge in [-0.2, -0.15) is 0 Å². The summed E-state index contributed by atoms with van der Waals surface area (Å²) in [5.74, 6) is 0.611. The van der Waals surface area contributed by atoms with Gasteiger partial charge < -0.3 is 10.2 Å². The van der Waals surface area contributed by atoms with Gasteiger partial charge in [-0.1, -0.05) is 12.0 Å². The van der Waals surface area contributed by atoms with Crippen molar-refractivity contribution in [1.29, 1.82) is 0 Å². The zero-order chi connectivity index (χ0) is 12.5. The number of piperidine rings is 1. The van der Waals surface area contributed by atoms with Gasteiger partial charge in [0.25, 0.3) is 0 Å². The SMILES string of the molecule is CC1CCCN(C(=O)NCCCCN=[N+]=[N-])C1. The van der Waals surface area contributed by atoms with Crippen molar-refractivity contribution in [2.24, 2.45) is 11.0 Å². The van der Waals surface area contributed by atoms with E-state index in [2.05, 4.69) is 22.3 Å². The first-order valence-electron chi connectivity index (χ1n) is 6.27. The van der Waals surface area contributed by atoms with Crippen molar-refractivity contribution in [1.82, 2.24) is 10.2 Å². The monoisotopic (exact) mass is 239 g/mol. The maximum Gasteiger partial charge on any atom is 0.317 e. The summed E-state index contributed by atoms with van der Waals surface area (Å²) in [6, 6.07) is 0.0420. The molecule has 1 rings (SSSR count). The van der Waals surface area contributed by atoms with E-state index in [0.717, 1.165) is 32.4 Å². The number of hydrogen-bond donors (Lipinski definition) is 1. The van der Waals surface area contributed by atoms with Crippen molar-refractivity contribution in [3.05, 3.63) is 10.4 Å². The summed E-state index contributed by atoms with van der Waals surface area (Å²) >= 11 is 0. The predicted octanol–water partition coefficient (Wildman–Crippen LogP) is 2.52.